The predicted molar refractivity (Wildman–Crippen MR) is 73.4 cm³/mol. The highest BCUT2D eigenvalue weighted by Crippen LogP contribution is 2.27. The molecule has 0 amide bonds. The molecule has 0 bridgehead atoms. The molecular formula is C11H13Br2N3. The average molecular weight is 347 g/mol. The van der Waals surface area contributed by atoms with Crippen LogP contribution in [0.5, 0.6) is 0 Å². The molecule has 0 aliphatic carbocycles. The van der Waals surface area contributed by atoms with E-state index in [-0.39, 0.29) is 6.04 Å². The van der Waals surface area contributed by atoms with E-state index in [1.165, 1.54) is 5.56 Å². The third-order valence-electron chi connectivity index (χ3n) is 2.48. The average Bonchev–Trinajstić information content (AvgIpc) is 2.27. The number of benzene rings is 1. The van der Waals surface area contributed by atoms with Gasteiger partial charge in [0, 0.05) is 19.9 Å². The lowest BCUT2D eigenvalue weighted by molar-refractivity contribution is 0.591. The second kappa shape index (κ2) is 6.94. The fraction of sp³-hybridized carbons (Fsp3) is 0.455. The van der Waals surface area contributed by atoms with E-state index in [2.05, 4.69) is 41.9 Å². The molecule has 0 aliphatic rings. The molecule has 0 saturated carbocycles. The van der Waals surface area contributed by atoms with Crippen LogP contribution in [-0.4, -0.2) is 6.04 Å². The molecule has 0 fully saturated rings. The van der Waals surface area contributed by atoms with Crippen LogP contribution in [0.3, 0.4) is 0 Å². The molecule has 0 N–H and O–H groups in total. The van der Waals surface area contributed by atoms with E-state index in [4.69, 9.17) is 5.53 Å². The lowest BCUT2D eigenvalue weighted by Crippen LogP contribution is -2.03. The molecule has 1 aromatic carbocycles. The monoisotopic (exact) mass is 345 g/mol. The maximum Gasteiger partial charge on any atom is 0.0374 e. The van der Waals surface area contributed by atoms with Crippen LogP contribution >= 0.6 is 31.9 Å². The van der Waals surface area contributed by atoms with Crippen LogP contribution in [0.2, 0.25) is 0 Å². The Morgan fingerprint density at radius 1 is 1.38 bits per heavy atom. The first-order chi connectivity index (χ1) is 7.69. The molecule has 0 saturated heterocycles. The molecule has 0 spiro atoms. The summed E-state index contributed by atoms with van der Waals surface area (Å²) in [4.78, 5) is 2.87. The van der Waals surface area contributed by atoms with Crippen molar-refractivity contribution in [3.05, 3.63) is 43.2 Å². The molecule has 0 radical (unpaired) electrons. The number of nitrogens with zero attached hydrogens (tertiary/aromatic N) is 3. The topological polar surface area (TPSA) is 48.8 Å². The number of hydrogen-bond donors (Lipinski definition) is 0. The van der Waals surface area contributed by atoms with Gasteiger partial charge in [-0.2, -0.15) is 0 Å². The summed E-state index contributed by atoms with van der Waals surface area (Å²) in [5.41, 5.74) is 9.64. The zero-order chi connectivity index (χ0) is 12.0. The summed E-state index contributed by atoms with van der Waals surface area (Å²) < 4.78 is 2.19. The fourth-order valence-corrected chi connectivity index (χ4v) is 2.89. The minimum atomic E-state index is 0.0870. The van der Waals surface area contributed by atoms with E-state index < -0.39 is 0 Å². The number of hydrogen-bond acceptors (Lipinski definition) is 1. The Hall–Kier alpha value is -0.510. The third kappa shape index (κ3) is 3.81. The molecule has 1 rings (SSSR count). The highest BCUT2D eigenvalue weighted by Gasteiger charge is 2.08. The van der Waals surface area contributed by atoms with Crippen LogP contribution in [-0.2, 0) is 6.42 Å². The second-order valence-electron chi connectivity index (χ2n) is 3.51. The standard InChI is InChI=1S/C11H13Br2N3/c1-2-8(15-16-14)6-7-9-10(12)4-3-5-11(9)13/h3-5,8H,2,6-7H2,1H3. The van der Waals surface area contributed by atoms with Gasteiger partial charge in [0.15, 0.2) is 0 Å². The smallest absolute Gasteiger partial charge is 0.0374 e. The van der Waals surface area contributed by atoms with E-state index in [9.17, 15) is 0 Å². The van der Waals surface area contributed by atoms with Crippen LogP contribution in [0.4, 0.5) is 0 Å². The third-order valence-corrected chi connectivity index (χ3v) is 3.96. The van der Waals surface area contributed by atoms with Gasteiger partial charge in [-0.05, 0) is 42.5 Å². The van der Waals surface area contributed by atoms with Gasteiger partial charge < -0.3 is 0 Å². The molecule has 5 heteroatoms. The summed E-state index contributed by atoms with van der Waals surface area (Å²) in [5, 5.41) is 3.77. The first-order valence-electron chi connectivity index (χ1n) is 5.16. The van der Waals surface area contributed by atoms with Gasteiger partial charge in [0.25, 0.3) is 0 Å². The van der Waals surface area contributed by atoms with E-state index in [1.54, 1.807) is 0 Å². The lowest BCUT2D eigenvalue weighted by Gasteiger charge is -2.10. The molecule has 3 nitrogen and oxygen atoms in total. The first-order valence-corrected chi connectivity index (χ1v) is 6.74. The Morgan fingerprint density at radius 2 is 2.00 bits per heavy atom. The van der Waals surface area contributed by atoms with Crippen LogP contribution in [0.15, 0.2) is 32.3 Å². The summed E-state index contributed by atoms with van der Waals surface area (Å²) >= 11 is 7.05. The SMILES string of the molecule is CCC(CCc1c(Br)cccc1Br)N=[N+]=[N-]. The van der Waals surface area contributed by atoms with Crippen LogP contribution in [0.25, 0.3) is 10.4 Å². The van der Waals surface area contributed by atoms with Crippen molar-refractivity contribution in [3.8, 4) is 0 Å². The lowest BCUT2D eigenvalue weighted by atomic mass is 10.0. The van der Waals surface area contributed by atoms with E-state index in [0.717, 1.165) is 28.2 Å². The minimum Gasteiger partial charge on any atom is -0.0906 e. The highest BCUT2D eigenvalue weighted by atomic mass is 79.9. The normalized spacial score (nSPS) is 11.9. The molecule has 86 valence electrons. The van der Waals surface area contributed by atoms with Gasteiger partial charge in [0.1, 0.15) is 0 Å². The minimum absolute atomic E-state index is 0.0870. The number of rotatable bonds is 5. The Balaban J connectivity index is 2.70. The molecule has 0 aromatic heterocycles. The van der Waals surface area contributed by atoms with Crippen molar-refractivity contribution in [2.45, 2.75) is 32.2 Å². The molecule has 0 aliphatic heterocycles. The highest BCUT2D eigenvalue weighted by molar-refractivity contribution is 9.11. The van der Waals surface area contributed by atoms with Gasteiger partial charge in [-0.3, -0.25) is 0 Å². The molecule has 1 aromatic rings. The Kier molecular flexibility index (Phi) is 5.88. The summed E-state index contributed by atoms with van der Waals surface area (Å²) in [5.74, 6) is 0. The van der Waals surface area contributed by atoms with Gasteiger partial charge in [0.2, 0.25) is 0 Å². The van der Waals surface area contributed by atoms with Crippen molar-refractivity contribution in [2.75, 3.05) is 0 Å². The summed E-state index contributed by atoms with van der Waals surface area (Å²) in [7, 11) is 0. The molecular weight excluding hydrogens is 334 g/mol. The first kappa shape index (κ1) is 13.6. The maximum atomic E-state index is 8.41. The molecule has 1 unspecified atom stereocenters. The zero-order valence-electron chi connectivity index (χ0n) is 9.03. The van der Waals surface area contributed by atoms with Crippen molar-refractivity contribution >= 4 is 31.9 Å². The van der Waals surface area contributed by atoms with Gasteiger partial charge in [0.05, 0.1) is 0 Å². The second-order valence-corrected chi connectivity index (χ2v) is 5.21. The Morgan fingerprint density at radius 3 is 2.50 bits per heavy atom. The molecule has 16 heavy (non-hydrogen) atoms. The summed E-state index contributed by atoms with van der Waals surface area (Å²) in [6.45, 7) is 2.04. The zero-order valence-corrected chi connectivity index (χ0v) is 12.2. The Bertz CT molecular complexity index is 380. The van der Waals surface area contributed by atoms with Crippen LogP contribution in [0, 0.1) is 0 Å². The van der Waals surface area contributed by atoms with Crippen molar-refractivity contribution in [1.82, 2.24) is 0 Å². The molecule has 1 atom stereocenters. The number of halogens is 2. The van der Waals surface area contributed by atoms with Gasteiger partial charge in [-0.25, -0.2) is 0 Å². The van der Waals surface area contributed by atoms with E-state index >= 15 is 0 Å². The number of azide groups is 1. The van der Waals surface area contributed by atoms with Gasteiger partial charge >= 0.3 is 0 Å². The molecule has 0 heterocycles. The van der Waals surface area contributed by atoms with E-state index in [1.807, 2.05) is 25.1 Å². The quantitative estimate of drug-likeness (QED) is 0.398. The maximum absolute atomic E-state index is 8.41. The van der Waals surface area contributed by atoms with Gasteiger partial charge in [-0.15, -0.1) is 0 Å². The van der Waals surface area contributed by atoms with Gasteiger partial charge in [-0.1, -0.05) is 50.0 Å². The largest absolute Gasteiger partial charge is 0.0906 e. The summed E-state index contributed by atoms with van der Waals surface area (Å²) in [6.07, 6.45) is 2.66. The van der Waals surface area contributed by atoms with Crippen molar-refractivity contribution in [1.29, 1.82) is 0 Å². The van der Waals surface area contributed by atoms with Crippen molar-refractivity contribution in [2.24, 2.45) is 5.11 Å². The Labute approximate surface area is 112 Å². The van der Waals surface area contributed by atoms with Crippen molar-refractivity contribution < 1.29 is 0 Å². The predicted octanol–water partition coefficient (Wildman–Crippen LogP) is 5.23. The van der Waals surface area contributed by atoms with E-state index in [0.29, 0.717) is 0 Å². The van der Waals surface area contributed by atoms with Crippen LogP contribution < -0.4 is 0 Å². The van der Waals surface area contributed by atoms with Crippen LogP contribution in [0.1, 0.15) is 25.3 Å². The van der Waals surface area contributed by atoms with Crippen molar-refractivity contribution in [3.63, 3.8) is 0 Å². The fourth-order valence-electron chi connectivity index (χ4n) is 1.50. The summed E-state index contributed by atoms with van der Waals surface area (Å²) in [6, 6.07) is 6.12.